The number of halogens is 1. The zero-order valence-electron chi connectivity index (χ0n) is 29.4. The van der Waals surface area contributed by atoms with Gasteiger partial charge in [0.2, 0.25) is 11.8 Å². The van der Waals surface area contributed by atoms with Crippen LogP contribution in [-0.2, 0) is 9.59 Å². The summed E-state index contributed by atoms with van der Waals surface area (Å²) in [5, 5.41) is 3.65. The molecule has 1 fully saturated rings. The third-order valence-corrected chi connectivity index (χ3v) is 10.1. The second-order valence-electron chi connectivity index (χ2n) is 14.0. The van der Waals surface area contributed by atoms with Gasteiger partial charge in [0.05, 0.1) is 11.8 Å². The zero-order chi connectivity index (χ0) is 31.4. The monoisotopic (exact) mass is 642 g/mol. The molecule has 4 unspecified atom stereocenters. The summed E-state index contributed by atoms with van der Waals surface area (Å²) < 4.78 is 0. The summed E-state index contributed by atoms with van der Waals surface area (Å²) in [6.07, 6.45) is 39.2. The molecule has 0 aromatic rings. The van der Waals surface area contributed by atoms with Crippen LogP contribution < -0.4 is 16.8 Å². The zero-order valence-corrected chi connectivity index (χ0v) is 30.2. The van der Waals surface area contributed by atoms with Crippen LogP contribution in [0.5, 0.6) is 0 Å². The molecule has 0 saturated carbocycles. The molecule has 0 radical (unpaired) electrons. The lowest BCUT2D eigenvalue weighted by molar-refractivity contribution is -0.131. The Morgan fingerprint density at radius 3 is 0.818 bits per heavy atom. The number of unbranched alkanes of at least 4 members (excludes halogenated alkanes) is 26. The van der Waals surface area contributed by atoms with E-state index in [9.17, 15) is 9.59 Å². The Morgan fingerprint density at radius 2 is 0.614 bits per heavy atom. The predicted molar refractivity (Wildman–Crippen MR) is 193 cm³/mol. The molecular formula is C38H76ClN3O2. The van der Waals surface area contributed by atoms with Crippen LogP contribution in [0.1, 0.15) is 206 Å². The van der Waals surface area contributed by atoms with Gasteiger partial charge >= 0.3 is 0 Å². The third-order valence-electron chi connectivity index (χ3n) is 10.1. The molecule has 2 amide bonds. The Morgan fingerprint density at radius 1 is 0.409 bits per heavy atom. The van der Waals surface area contributed by atoms with Crippen molar-refractivity contribution in [1.82, 2.24) is 5.32 Å². The van der Waals surface area contributed by atoms with Crippen LogP contribution in [0.3, 0.4) is 0 Å². The molecule has 1 saturated heterocycles. The van der Waals surface area contributed by atoms with Gasteiger partial charge in [0.15, 0.2) is 0 Å². The molecule has 0 spiro atoms. The van der Waals surface area contributed by atoms with Gasteiger partial charge in [0, 0.05) is 12.1 Å². The van der Waals surface area contributed by atoms with E-state index in [1.165, 1.54) is 167 Å². The Bertz CT molecular complexity index is 608. The molecule has 44 heavy (non-hydrogen) atoms. The lowest BCUT2D eigenvalue weighted by Crippen LogP contribution is -2.41. The van der Waals surface area contributed by atoms with Crippen LogP contribution in [0.4, 0.5) is 0 Å². The minimum atomic E-state index is -0.462. The fourth-order valence-electron chi connectivity index (χ4n) is 7.38. The molecule has 4 atom stereocenters. The van der Waals surface area contributed by atoms with E-state index in [2.05, 4.69) is 19.2 Å². The number of primary amides is 2. The minimum Gasteiger partial charge on any atom is -0.369 e. The van der Waals surface area contributed by atoms with Crippen molar-refractivity contribution in [2.45, 2.75) is 219 Å². The highest BCUT2D eigenvalue weighted by atomic mass is 35.5. The van der Waals surface area contributed by atoms with Crippen molar-refractivity contribution in [3.05, 3.63) is 0 Å². The van der Waals surface area contributed by atoms with Crippen molar-refractivity contribution >= 4 is 24.2 Å². The van der Waals surface area contributed by atoms with Crippen LogP contribution in [0.25, 0.3) is 0 Å². The smallest absolute Gasteiger partial charge is 0.222 e. The molecule has 262 valence electrons. The Labute approximate surface area is 280 Å². The highest BCUT2D eigenvalue weighted by Crippen LogP contribution is 2.33. The topological polar surface area (TPSA) is 98.2 Å². The van der Waals surface area contributed by atoms with Gasteiger partial charge in [-0.1, -0.05) is 194 Å². The van der Waals surface area contributed by atoms with E-state index in [4.69, 9.17) is 11.5 Å². The van der Waals surface area contributed by atoms with Crippen molar-refractivity contribution in [3.63, 3.8) is 0 Å². The SMILES string of the molecule is CCCCCCCCCCCCCCCCC1NC(CCCCCCCCCCCCCCCC)C(C(N)=O)C1C(N)=O.Cl. The van der Waals surface area contributed by atoms with Gasteiger partial charge in [-0.05, 0) is 12.8 Å². The summed E-state index contributed by atoms with van der Waals surface area (Å²) in [4.78, 5) is 24.8. The first-order chi connectivity index (χ1) is 21.0. The Hall–Kier alpha value is -0.810. The van der Waals surface area contributed by atoms with Crippen LogP contribution in [0.2, 0.25) is 0 Å². The van der Waals surface area contributed by atoms with Crippen molar-refractivity contribution in [2.24, 2.45) is 23.3 Å². The minimum absolute atomic E-state index is 0. The second-order valence-corrected chi connectivity index (χ2v) is 14.0. The van der Waals surface area contributed by atoms with E-state index in [0.717, 1.165) is 25.7 Å². The quantitative estimate of drug-likeness (QED) is 0.0637. The molecule has 0 aromatic carbocycles. The number of nitrogens with one attached hydrogen (secondary N) is 1. The summed E-state index contributed by atoms with van der Waals surface area (Å²) >= 11 is 0. The molecule has 1 heterocycles. The average Bonchev–Trinajstić information content (AvgIpc) is 3.36. The van der Waals surface area contributed by atoms with Crippen molar-refractivity contribution in [1.29, 1.82) is 0 Å². The fraction of sp³-hybridized carbons (Fsp3) is 0.947. The Balaban J connectivity index is 0.0000185. The van der Waals surface area contributed by atoms with Crippen molar-refractivity contribution in [3.8, 4) is 0 Å². The first-order valence-corrected chi connectivity index (χ1v) is 19.4. The normalized spacial score (nSPS) is 19.7. The van der Waals surface area contributed by atoms with Gasteiger partial charge in [0.25, 0.3) is 0 Å². The van der Waals surface area contributed by atoms with E-state index < -0.39 is 11.8 Å². The number of carbonyl (C=O) groups is 2. The Kier molecular flexibility index (Phi) is 30.3. The molecule has 1 aliphatic rings. The average molecular weight is 642 g/mol. The van der Waals surface area contributed by atoms with Gasteiger partial charge in [-0.15, -0.1) is 12.4 Å². The van der Waals surface area contributed by atoms with Gasteiger partial charge < -0.3 is 16.8 Å². The van der Waals surface area contributed by atoms with Crippen molar-refractivity contribution < 1.29 is 9.59 Å². The first-order valence-electron chi connectivity index (χ1n) is 19.4. The number of hydrogen-bond donors (Lipinski definition) is 3. The van der Waals surface area contributed by atoms with Gasteiger partial charge in [0.1, 0.15) is 0 Å². The van der Waals surface area contributed by atoms with Crippen LogP contribution in [0, 0.1) is 11.8 Å². The third kappa shape index (κ3) is 21.8. The van der Waals surface area contributed by atoms with Gasteiger partial charge in [-0.2, -0.15) is 0 Å². The number of rotatable bonds is 32. The molecule has 5 N–H and O–H groups in total. The maximum atomic E-state index is 12.4. The molecule has 1 aliphatic heterocycles. The molecule has 0 aromatic heterocycles. The largest absolute Gasteiger partial charge is 0.369 e. The molecule has 5 nitrogen and oxygen atoms in total. The number of amides is 2. The first kappa shape index (κ1) is 43.2. The maximum Gasteiger partial charge on any atom is 0.222 e. The highest BCUT2D eigenvalue weighted by Gasteiger charge is 2.48. The van der Waals surface area contributed by atoms with E-state index >= 15 is 0 Å². The molecule has 1 rings (SSSR count). The molecule has 0 aliphatic carbocycles. The maximum absolute atomic E-state index is 12.4. The predicted octanol–water partition coefficient (Wildman–Crippen LogP) is 10.7. The van der Waals surface area contributed by atoms with E-state index in [1.54, 1.807) is 0 Å². The molecule has 0 bridgehead atoms. The highest BCUT2D eigenvalue weighted by molar-refractivity contribution is 5.88. The van der Waals surface area contributed by atoms with Crippen LogP contribution >= 0.6 is 12.4 Å². The van der Waals surface area contributed by atoms with Crippen LogP contribution in [0.15, 0.2) is 0 Å². The summed E-state index contributed by atoms with van der Waals surface area (Å²) in [6.45, 7) is 4.56. The summed E-state index contributed by atoms with van der Waals surface area (Å²) in [6, 6.07) is -0.0204. The van der Waals surface area contributed by atoms with Crippen LogP contribution in [-0.4, -0.2) is 23.9 Å². The summed E-state index contributed by atoms with van der Waals surface area (Å²) in [5.41, 5.74) is 11.6. The van der Waals surface area contributed by atoms with E-state index in [1.807, 2.05) is 0 Å². The van der Waals surface area contributed by atoms with Crippen molar-refractivity contribution in [2.75, 3.05) is 0 Å². The summed E-state index contributed by atoms with van der Waals surface area (Å²) in [5.74, 6) is -1.66. The second kappa shape index (κ2) is 30.8. The van der Waals surface area contributed by atoms with Gasteiger partial charge in [-0.3, -0.25) is 9.59 Å². The number of nitrogens with two attached hydrogens (primary N) is 2. The van der Waals surface area contributed by atoms with Gasteiger partial charge in [-0.25, -0.2) is 0 Å². The van der Waals surface area contributed by atoms with E-state index in [0.29, 0.717) is 0 Å². The molecular weight excluding hydrogens is 566 g/mol. The van der Waals surface area contributed by atoms with E-state index in [-0.39, 0.29) is 36.3 Å². The lowest BCUT2D eigenvalue weighted by Gasteiger charge is -2.20. The summed E-state index contributed by atoms with van der Waals surface area (Å²) in [7, 11) is 0. The number of hydrogen-bond acceptors (Lipinski definition) is 3. The molecule has 6 heteroatoms. The standard InChI is InChI=1S/C38H75N3O2.ClH/c1-3-5-7-9-11-13-15-17-19-21-23-25-27-29-31-33-35(37(39)42)36(38(40)43)34(41-33)32-30-28-26-24-22-20-18-16-14-12-10-8-6-4-2;/h33-36,41H,3-32H2,1-2H3,(H2,39,42)(H2,40,43);1H. The fourth-order valence-corrected chi connectivity index (χ4v) is 7.38. The lowest BCUT2D eigenvalue weighted by atomic mass is 9.83. The number of carbonyl (C=O) groups excluding carboxylic acids is 2.